The Balaban J connectivity index is 2.55. The van der Waals surface area contributed by atoms with Gasteiger partial charge in [0.25, 0.3) is 0 Å². The summed E-state index contributed by atoms with van der Waals surface area (Å²) in [5.74, 6) is -1.24. The summed E-state index contributed by atoms with van der Waals surface area (Å²) in [6.45, 7) is 6.42. The van der Waals surface area contributed by atoms with E-state index in [2.05, 4.69) is 26.8 Å². The highest BCUT2D eigenvalue weighted by molar-refractivity contribution is 6.34. The van der Waals surface area contributed by atoms with E-state index in [0.29, 0.717) is 5.92 Å². The van der Waals surface area contributed by atoms with Crippen LogP contribution in [0.2, 0.25) is 0 Å². The van der Waals surface area contributed by atoms with Crippen molar-refractivity contribution in [2.75, 3.05) is 0 Å². The summed E-state index contributed by atoms with van der Waals surface area (Å²) < 4.78 is 0. The first-order chi connectivity index (χ1) is 9.87. The van der Waals surface area contributed by atoms with Gasteiger partial charge in [0.15, 0.2) is 0 Å². The lowest BCUT2D eigenvalue weighted by molar-refractivity contribution is -0.155. The summed E-state index contributed by atoms with van der Waals surface area (Å²) in [6, 6.07) is 0. The molecule has 1 aliphatic rings. The van der Waals surface area contributed by atoms with Gasteiger partial charge < -0.3 is 5.11 Å². The van der Waals surface area contributed by atoms with Gasteiger partial charge in [0.2, 0.25) is 5.78 Å². The van der Waals surface area contributed by atoms with Crippen molar-refractivity contribution < 1.29 is 14.7 Å². The summed E-state index contributed by atoms with van der Waals surface area (Å²) in [6.07, 6.45) is 10.8. The first-order valence-corrected chi connectivity index (χ1v) is 8.28. The Bertz CT molecular complexity index is 385. The Morgan fingerprint density at radius 1 is 1.14 bits per heavy atom. The van der Waals surface area contributed by atoms with Gasteiger partial charge in [-0.2, -0.15) is 0 Å². The quantitative estimate of drug-likeness (QED) is 0.519. The van der Waals surface area contributed by atoms with Gasteiger partial charge >= 0.3 is 5.97 Å². The molecule has 0 radical (unpaired) electrons. The lowest BCUT2D eigenvalue weighted by Gasteiger charge is -2.35. The van der Waals surface area contributed by atoms with Crippen LogP contribution in [0.1, 0.15) is 78.6 Å². The fourth-order valence-corrected chi connectivity index (χ4v) is 3.37. The second-order valence-corrected chi connectivity index (χ2v) is 6.98. The molecule has 1 N–H and O–H groups in total. The third-order valence-corrected chi connectivity index (χ3v) is 4.81. The van der Waals surface area contributed by atoms with Crippen LogP contribution in [0.25, 0.3) is 0 Å². The molecule has 1 unspecified atom stereocenters. The van der Waals surface area contributed by atoms with Crippen molar-refractivity contribution in [1.82, 2.24) is 0 Å². The van der Waals surface area contributed by atoms with Gasteiger partial charge in [0.05, 0.1) is 0 Å². The minimum absolute atomic E-state index is 0.543. The third-order valence-electron chi connectivity index (χ3n) is 4.81. The minimum Gasteiger partial charge on any atom is -0.475 e. The van der Waals surface area contributed by atoms with Crippen LogP contribution >= 0.6 is 0 Å². The van der Waals surface area contributed by atoms with Crippen LogP contribution in [0.3, 0.4) is 0 Å². The fraction of sp³-hybridized carbons (Fsp3) is 0.778. The number of Topliss-reactive ketones (excluding diaryl/α,β-unsaturated/α-hetero) is 1. The largest absolute Gasteiger partial charge is 0.475 e. The van der Waals surface area contributed by atoms with E-state index in [4.69, 9.17) is 5.11 Å². The molecule has 120 valence electrons. The number of aliphatic carboxylic acids is 1. The van der Waals surface area contributed by atoms with Crippen molar-refractivity contribution >= 4 is 11.8 Å². The maximum atomic E-state index is 12.1. The maximum absolute atomic E-state index is 12.1. The smallest absolute Gasteiger partial charge is 0.372 e. The average molecular weight is 294 g/mol. The third kappa shape index (κ3) is 5.64. The summed E-state index contributed by atoms with van der Waals surface area (Å²) in [5.41, 5.74) is 0.765. The van der Waals surface area contributed by atoms with E-state index in [1.54, 1.807) is 0 Å². The van der Waals surface area contributed by atoms with Gasteiger partial charge in [-0.1, -0.05) is 37.8 Å². The zero-order chi connectivity index (χ0) is 15.9. The van der Waals surface area contributed by atoms with Crippen molar-refractivity contribution in [3.8, 4) is 0 Å². The Morgan fingerprint density at radius 2 is 1.76 bits per heavy atom. The molecule has 3 nitrogen and oxygen atoms in total. The molecule has 0 spiro atoms. The molecule has 1 saturated carbocycles. The maximum Gasteiger partial charge on any atom is 0.372 e. The number of rotatable bonds is 8. The lowest BCUT2D eigenvalue weighted by atomic mass is 9.67. The predicted molar refractivity (Wildman–Crippen MR) is 85.2 cm³/mol. The molecule has 0 aromatic heterocycles. The van der Waals surface area contributed by atoms with Gasteiger partial charge in [-0.15, -0.1) is 0 Å². The number of carboxylic acid groups (broad SMARTS) is 1. The molecule has 1 fully saturated rings. The van der Waals surface area contributed by atoms with Crippen LogP contribution < -0.4 is 0 Å². The van der Waals surface area contributed by atoms with E-state index in [1.165, 1.54) is 5.57 Å². The molecule has 1 atom stereocenters. The van der Waals surface area contributed by atoms with Crippen molar-refractivity contribution in [1.29, 1.82) is 0 Å². The van der Waals surface area contributed by atoms with Crippen LogP contribution in [-0.2, 0) is 9.59 Å². The molecule has 0 heterocycles. The second-order valence-electron chi connectivity index (χ2n) is 6.98. The number of ketones is 1. The fourth-order valence-electron chi connectivity index (χ4n) is 3.37. The summed E-state index contributed by atoms with van der Waals surface area (Å²) >= 11 is 0. The summed E-state index contributed by atoms with van der Waals surface area (Å²) in [7, 11) is 0. The van der Waals surface area contributed by atoms with E-state index in [1.807, 2.05) is 0 Å². The van der Waals surface area contributed by atoms with Crippen molar-refractivity contribution in [2.45, 2.75) is 78.6 Å². The van der Waals surface area contributed by atoms with Crippen LogP contribution in [0.15, 0.2) is 11.6 Å². The highest BCUT2D eigenvalue weighted by Gasteiger charge is 2.42. The summed E-state index contributed by atoms with van der Waals surface area (Å²) in [5, 5.41) is 9.11. The van der Waals surface area contributed by atoms with Gasteiger partial charge in [-0.25, -0.2) is 4.79 Å². The van der Waals surface area contributed by atoms with Gasteiger partial charge in [-0.3, -0.25) is 4.79 Å². The molecule has 0 aromatic rings. The standard InChI is InChI=1S/C18H30O3/c1-14(2)8-7-9-15(3)10-13-18(16(19)17(20)21)11-5-4-6-12-18/h8,15H,4-7,9-13H2,1-3H3,(H,20,21). The Labute approximate surface area is 128 Å². The first kappa shape index (κ1) is 17.9. The van der Waals surface area contributed by atoms with Crippen LogP contribution in [0.4, 0.5) is 0 Å². The number of allylic oxidation sites excluding steroid dienone is 2. The van der Waals surface area contributed by atoms with Gasteiger partial charge in [0.1, 0.15) is 0 Å². The van der Waals surface area contributed by atoms with E-state index in [0.717, 1.165) is 57.8 Å². The second kappa shape index (κ2) is 8.35. The summed E-state index contributed by atoms with van der Waals surface area (Å²) in [4.78, 5) is 23.3. The Morgan fingerprint density at radius 3 is 2.29 bits per heavy atom. The van der Waals surface area contributed by atoms with Crippen molar-refractivity contribution in [3.05, 3.63) is 11.6 Å². The van der Waals surface area contributed by atoms with Crippen molar-refractivity contribution in [3.63, 3.8) is 0 Å². The van der Waals surface area contributed by atoms with Crippen LogP contribution in [0, 0.1) is 11.3 Å². The molecule has 1 rings (SSSR count). The predicted octanol–water partition coefficient (Wildman–Crippen LogP) is 4.75. The normalized spacial score (nSPS) is 18.8. The molecule has 0 saturated heterocycles. The highest BCUT2D eigenvalue weighted by atomic mass is 16.4. The Kier molecular flexibility index (Phi) is 7.13. The minimum atomic E-state index is -1.24. The van der Waals surface area contributed by atoms with E-state index in [-0.39, 0.29) is 0 Å². The molecule has 0 aromatic carbocycles. The molecule has 1 aliphatic carbocycles. The molecule has 0 aliphatic heterocycles. The van der Waals surface area contributed by atoms with Gasteiger partial charge in [0, 0.05) is 5.41 Å². The number of carbonyl (C=O) groups excluding carboxylic acids is 1. The van der Waals surface area contributed by atoms with E-state index >= 15 is 0 Å². The van der Waals surface area contributed by atoms with E-state index in [9.17, 15) is 9.59 Å². The highest BCUT2D eigenvalue weighted by Crippen LogP contribution is 2.42. The number of hydrogen-bond donors (Lipinski definition) is 1. The first-order valence-electron chi connectivity index (χ1n) is 8.28. The molecular formula is C18H30O3. The topological polar surface area (TPSA) is 54.4 Å². The lowest BCUT2D eigenvalue weighted by Crippen LogP contribution is -2.38. The number of carbonyl (C=O) groups is 2. The van der Waals surface area contributed by atoms with Crippen LogP contribution in [-0.4, -0.2) is 16.9 Å². The molecule has 3 heteroatoms. The monoisotopic (exact) mass is 294 g/mol. The molecule has 21 heavy (non-hydrogen) atoms. The van der Waals surface area contributed by atoms with Crippen molar-refractivity contribution in [2.24, 2.45) is 11.3 Å². The van der Waals surface area contributed by atoms with E-state index < -0.39 is 17.2 Å². The zero-order valence-corrected chi connectivity index (χ0v) is 13.8. The van der Waals surface area contributed by atoms with Crippen LogP contribution in [0.5, 0.6) is 0 Å². The molecule has 0 amide bonds. The SMILES string of the molecule is CC(C)=CCCC(C)CCC1(C(=O)C(=O)O)CCCCC1. The number of hydrogen-bond acceptors (Lipinski definition) is 2. The van der Waals surface area contributed by atoms with Gasteiger partial charge in [-0.05, 0) is 58.3 Å². The average Bonchev–Trinajstić information content (AvgIpc) is 2.45. The molecule has 0 bridgehead atoms. The molecular weight excluding hydrogens is 264 g/mol. The zero-order valence-electron chi connectivity index (χ0n) is 13.8. The Hall–Kier alpha value is -1.12. The number of carboxylic acids is 1.